The summed E-state index contributed by atoms with van der Waals surface area (Å²) in [5, 5.41) is 0. The van der Waals surface area contributed by atoms with Crippen LogP contribution in [0, 0.1) is 0 Å². The molecule has 3 nitrogen and oxygen atoms in total. The summed E-state index contributed by atoms with van der Waals surface area (Å²) in [6.07, 6.45) is 8.40. The summed E-state index contributed by atoms with van der Waals surface area (Å²) >= 11 is 0. The van der Waals surface area contributed by atoms with E-state index in [9.17, 15) is 4.79 Å². The lowest BCUT2D eigenvalue weighted by molar-refractivity contribution is -0.126. The highest BCUT2D eigenvalue weighted by atomic mass is 16.3. The number of carbonyl (C=O) groups is 1. The molecule has 1 aromatic rings. The van der Waals surface area contributed by atoms with E-state index in [0.717, 1.165) is 31.7 Å². The second-order valence-corrected chi connectivity index (χ2v) is 3.73. The fourth-order valence-electron chi connectivity index (χ4n) is 1.76. The van der Waals surface area contributed by atoms with E-state index in [1.54, 1.807) is 18.4 Å². The first-order valence-corrected chi connectivity index (χ1v) is 5.37. The van der Waals surface area contributed by atoms with Crippen molar-refractivity contribution in [2.45, 2.75) is 19.3 Å². The molecule has 0 N–H and O–H groups in total. The first kappa shape index (κ1) is 10.0. The van der Waals surface area contributed by atoms with Gasteiger partial charge in [0.1, 0.15) is 5.76 Å². The Morgan fingerprint density at radius 1 is 1.33 bits per heavy atom. The summed E-state index contributed by atoms with van der Waals surface area (Å²) in [4.78, 5) is 13.6. The standard InChI is InChI=1S/C12H15NO2/c14-12(13-8-2-1-3-9-13)7-6-11-5-4-10-15-11/h4-7,10H,1-3,8-9H2. The molecule has 0 aliphatic carbocycles. The Morgan fingerprint density at radius 3 is 2.80 bits per heavy atom. The van der Waals surface area contributed by atoms with Gasteiger partial charge >= 0.3 is 0 Å². The van der Waals surface area contributed by atoms with Crippen LogP contribution in [0.4, 0.5) is 0 Å². The van der Waals surface area contributed by atoms with Gasteiger partial charge in [0.15, 0.2) is 0 Å². The minimum Gasteiger partial charge on any atom is -0.465 e. The van der Waals surface area contributed by atoms with Crippen LogP contribution in [0.3, 0.4) is 0 Å². The maximum absolute atomic E-state index is 11.7. The van der Waals surface area contributed by atoms with Gasteiger partial charge in [0.05, 0.1) is 6.26 Å². The van der Waals surface area contributed by atoms with Crippen molar-refractivity contribution in [1.82, 2.24) is 4.90 Å². The van der Waals surface area contributed by atoms with Crippen molar-refractivity contribution < 1.29 is 9.21 Å². The summed E-state index contributed by atoms with van der Waals surface area (Å²) in [7, 11) is 0. The number of hydrogen-bond acceptors (Lipinski definition) is 2. The molecule has 1 aromatic heterocycles. The van der Waals surface area contributed by atoms with Gasteiger partial charge in [-0.15, -0.1) is 0 Å². The van der Waals surface area contributed by atoms with Crippen LogP contribution in [-0.2, 0) is 4.79 Å². The van der Waals surface area contributed by atoms with Gasteiger partial charge in [0, 0.05) is 19.2 Å². The normalized spacial score (nSPS) is 17.2. The topological polar surface area (TPSA) is 33.5 Å². The number of piperidine rings is 1. The largest absolute Gasteiger partial charge is 0.465 e. The first-order valence-electron chi connectivity index (χ1n) is 5.37. The zero-order valence-corrected chi connectivity index (χ0v) is 8.69. The molecule has 15 heavy (non-hydrogen) atoms. The van der Waals surface area contributed by atoms with Gasteiger partial charge < -0.3 is 9.32 Å². The van der Waals surface area contributed by atoms with E-state index in [4.69, 9.17) is 4.42 Å². The number of carbonyl (C=O) groups excluding carboxylic acids is 1. The number of amides is 1. The molecule has 0 spiro atoms. The Morgan fingerprint density at radius 2 is 2.13 bits per heavy atom. The Hall–Kier alpha value is -1.51. The van der Waals surface area contributed by atoms with Crippen molar-refractivity contribution >= 4 is 12.0 Å². The van der Waals surface area contributed by atoms with E-state index in [-0.39, 0.29) is 5.91 Å². The van der Waals surface area contributed by atoms with E-state index >= 15 is 0 Å². The summed E-state index contributed by atoms with van der Waals surface area (Å²) < 4.78 is 5.11. The van der Waals surface area contributed by atoms with Crippen molar-refractivity contribution in [3.63, 3.8) is 0 Å². The van der Waals surface area contributed by atoms with Crippen LogP contribution >= 0.6 is 0 Å². The van der Waals surface area contributed by atoms with Gasteiger partial charge in [-0.2, -0.15) is 0 Å². The van der Waals surface area contributed by atoms with E-state index in [1.807, 2.05) is 17.0 Å². The summed E-state index contributed by atoms with van der Waals surface area (Å²) in [6.45, 7) is 1.78. The van der Waals surface area contributed by atoms with Gasteiger partial charge in [-0.1, -0.05) is 0 Å². The van der Waals surface area contributed by atoms with Crippen molar-refractivity contribution in [1.29, 1.82) is 0 Å². The van der Waals surface area contributed by atoms with Crippen molar-refractivity contribution in [3.05, 3.63) is 30.2 Å². The van der Waals surface area contributed by atoms with Gasteiger partial charge in [-0.25, -0.2) is 0 Å². The summed E-state index contributed by atoms with van der Waals surface area (Å²) in [5.41, 5.74) is 0. The first-order chi connectivity index (χ1) is 7.36. The molecule has 2 rings (SSSR count). The van der Waals surface area contributed by atoms with E-state index in [0.29, 0.717) is 0 Å². The highest BCUT2D eigenvalue weighted by Crippen LogP contribution is 2.10. The lowest BCUT2D eigenvalue weighted by Crippen LogP contribution is -2.34. The maximum Gasteiger partial charge on any atom is 0.246 e. The maximum atomic E-state index is 11.7. The minimum absolute atomic E-state index is 0.0890. The van der Waals surface area contributed by atoms with Crippen LogP contribution < -0.4 is 0 Å². The lowest BCUT2D eigenvalue weighted by atomic mass is 10.1. The third-order valence-corrected chi connectivity index (χ3v) is 2.60. The Labute approximate surface area is 89.4 Å². The minimum atomic E-state index is 0.0890. The van der Waals surface area contributed by atoms with Gasteiger partial charge in [0.25, 0.3) is 0 Å². The number of furan rings is 1. The number of likely N-dealkylation sites (tertiary alicyclic amines) is 1. The molecule has 3 heteroatoms. The molecule has 80 valence electrons. The molecule has 1 amide bonds. The third-order valence-electron chi connectivity index (χ3n) is 2.60. The quantitative estimate of drug-likeness (QED) is 0.694. The Balaban J connectivity index is 1.91. The zero-order valence-electron chi connectivity index (χ0n) is 8.69. The van der Waals surface area contributed by atoms with Crippen LogP contribution in [0.1, 0.15) is 25.0 Å². The molecular formula is C12H15NO2. The molecular weight excluding hydrogens is 190 g/mol. The van der Waals surface area contributed by atoms with Crippen molar-refractivity contribution in [2.75, 3.05) is 13.1 Å². The zero-order chi connectivity index (χ0) is 10.5. The van der Waals surface area contributed by atoms with Crippen LogP contribution in [0.25, 0.3) is 6.08 Å². The monoisotopic (exact) mass is 205 g/mol. The summed E-state index contributed by atoms with van der Waals surface area (Å²) in [6, 6.07) is 3.64. The third kappa shape index (κ3) is 2.72. The predicted molar refractivity (Wildman–Crippen MR) is 58.2 cm³/mol. The van der Waals surface area contributed by atoms with Crippen molar-refractivity contribution in [3.8, 4) is 0 Å². The van der Waals surface area contributed by atoms with Crippen LogP contribution in [0.5, 0.6) is 0 Å². The van der Waals surface area contributed by atoms with Crippen LogP contribution in [-0.4, -0.2) is 23.9 Å². The van der Waals surface area contributed by atoms with E-state index in [1.165, 1.54) is 6.42 Å². The highest BCUT2D eigenvalue weighted by Gasteiger charge is 2.13. The van der Waals surface area contributed by atoms with Gasteiger partial charge in [0.2, 0.25) is 5.91 Å². The second-order valence-electron chi connectivity index (χ2n) is 3.73. The second kappa shape index (κ2) is 4.82. The van der Waals surface area contributed by atoms with Crippen LogP contribution in [0.15, 0.2) is 28.9 Å². The smallest absolute Gasteiger partial charge is 0.246 e. The van der Waals surface area contributed by atoms with Gasteiger partial charge in [-0.3, -0.25) is 4.79 Å². The molecule has 0 saturated carbocycles. The molecule has 1 saturated heterocycles. The number of nitrogens with zero attached hydrogens (tertiary/aromatic N) is 1. The SMILES string of the molecule is O=C(C=Cc1ccco1)N1CCCCC1. The van der Waals surface area contributed by atoms with Gasteiger partial charge in [-0.05, 0) is 37.5 Å². The number of rotatable bonds is 2. The van der Waals surface area contributed by atoms with Crippen molar-refractivity contribution in [2.24, 2.45) is 0 Å². The predicted octanol–water partition coefficient (Wildman–Crippen LogP) is 2.31. The van der Waals surface area contributed by atoms with E-state index in [2.05, 4.69) is 0 Å². The molecule has 0 aromatic carbocycles. The molecule has 0 radical (unpaired) electrons. The van der Waals surface area contributed by atoms with Crippen LogP contribution in [0.2, 0.25) is 0 Å². The van der Waals surface area contributed by atoms with E-state index < -0.39 is 0 Å². The molecule has 0 atom stereocenters. The average molecular weight is 205 g/mol. The fourth-order valence-corrected chi connectivity index (χ4v) is 1.76. The molecule has 0 bridgehead atoms. The average Bonchev–Trinajstić information content (AvgIpc) is 2.80. The molecule has 1 aliphatic heterocycles. The number of hydrogen-bond donors (Lipinski definition) is 0. The molecule has 1 aliphatic rings. The lowest BCUT2D eigenvalue weighted by Gasteiger charge is -2.25. The molecule has 1 fully saturated rings. The molecule has 2 heterocycles. The highest BCUT2D eigenvalue weighted by molar-refractivity contribution is 5.91. The summed E-state index contributed by atoms with van der Waals surface area (Å²) in [5.74, 6) is 0.812. The Bertz CT molecular complexity index is 335. The fraction of sp³-hybridized carbons (Fsp3) is 0.417. The Kier molecular flexibility index (Phi) is 3.22. The molecule has 0 unspecified atom stereocenters.